The minimum absolute atomic E-state index is 0.0757. The van der Waals surface area contributed by atoms with Gasteiger partial charge >= 0.3 is 18.1 Å². The van der Waals surface area contributed by atoms with Crippen LogP contribution in [-0.2, 0) is 25.8 Å². The zero-order valence-corrected chi connectivity index (χ0v) is 22.5. The predicted molar refractivity (Wildman–Crippen MR) is 142 cm³/mol. The fraction of sp³-hybridized carbons (Fsp3) is 0.320. The lowest BCUT2D eigenvalue weighted by molar-refractivity contribution is -0.192. The molecule has 0 unspecified atom stereocenters. The molecule has 0 fully saturated rings. The standard InChI is InChI=1S/C23H27N7O5.C2HF3O2/c1-14(2)9-17(23(33)34)28-18(31)12-30-13-25-19(20-24-10-16(27-20)11-26-35-3)21(30)29-22(32)15-7-5-4-6-8-15;3-2(4,5)1(6)7/h4-8,10-11,13-14,17H,9,12H2,1-3H3,(H,24,27)(H,28,31)(H,29,32)(H,33,34);(H,6,7)/b26-11-;/t17-;/m0./s1. The second kappa shape index (κ2) is 15.0. The highest BCUT2D eigenvalue weighted by Crippen LogP contribution is 2.25. The van der Waals surface area contributed by atoms with Gasteiger partial charge in [0.2, 0.25) is 5.91 Å². The number of carboxylic acids is 2. The van der Waals surface area contributed by atoms with E-state index in [0.29, 0.717) is 17.1 Å². The Labute approximate surface area is 236 Å². The van der Waals surface area contributed by atoms with E-state index >= 15 is 0 Å². The number of H-pyrrole nitrogens is 1. The summed E-state index contributed by atoms with van der Waals surface area (Å²) in [5.41, 5.74) is 1.23. The molecule has 14 nitrogen and oxygen atoms in total. The van der Waals surface area contributed by atoms with E-state index in [2.05, 4.69) is 35.6 Å². The molecule has 1 atom stereocenters. The number of anilines is 1. The SMILES string of the molecule is CO/N=C\c1cnc(-c2ncn(CC(=O)N[C@@H](CC(C)C)C(=O)O)c2NC(=O)c2ccccc2)[nH]1.O=C(O)C(F)(F)F. The van der Waals surface area contributed by atoms with Gasteiger partial charge in [0.25, 0.3) is 5.91 Å². The summed E-state index contributed by atoms with van der Waals surface area (Å²) in [4.78, 5) is 62.3. The highest BCUT2D eigenvalue weighted by Gasteiger charge is 2.38. The van der Waals surface area contributed by atoms with Crippen LogP contribution in [0.1, 0.15) is 36.3 Å². The maximum absolute atomic E-state index is 12.9. The molecule has 0 bridgehead atoms. The number of nitrogens with one attached hydrogen (secondary N) is 3. The molecule has 0 aliphatic rings. The number of halogens is 3. The lowest BCUT2D eigenvalue weighted by Crippen LogP contribution is -2.43. The van der Waals surface area contributed by atoms with E-state index in [-0.39, 0.29) is 30.4 Å². The molecular weight excluding hydrogens is 567 g/mol. The molecule has 0 saturated carbocycles. The van der Waals surface area contributed by atoms with Crippen LogP contribution in [-0.4, -0.2) is 79.0 Å². The topological polar surface area (TPSA) is 201 Å². The van der Waals surface area contributed by atoms with Gasteiger partial charge in [0, 0.05) is 5.56 Å². The van der Waals surface area contributed by atoms with E-state index in [4.69, 9.17) is 9.90 Å². The number of rotatable bonds is 11. The van der Waals surface area contributed by atoms with Gasteiger partial charge in [0.1, 0.15) is 31.2 Å². The molecule has 0 saturated heterocycles. The summed E-state index contributed by atoms with van der Waals surface area (Å²) in [6, 6.07) is 7.53. The van der Waals surface area contributed by atoms with Crippen LogP contribution in [0.2, 0.25) is 0 Å². The van der Waals surface area contributed by atoms with Gasteiger partial charge in [0.05, 0.1) is 24.4 Å². The number of oxime groups is 1. The highest BCUT2D eigenvalue weighted by atomic mass is 19.4. The van der Waals surface area contributed by atoms with Crippen molar-refractivity contribution in [2.24, 2.45) is 11.1 Å². The van der Waals surface area contributed by atoms with Crippen LogP contribution in [0.15, 0.2) is 48.0 Å². The van der Waals surface area contributed by atoms with Crippen molar-refractivity contribution in [3.63, 3.8) is 0 Å². The number of aliphatic carboxylic acids is 2. The van der Waals surface area contributed by atoms with Crippen molar-refractivity contribution in [3.05, 3.63) is 54.1 Å². The van der Waals surface area contributed by atoms with Gasteiger partial charge in [-0.3, -0.25) is 9.59 Å². The average molecular weight is 596 g/mol. The maximum Gasteiger partial charge on any atom is 0.490 e. The molecule has 17 heteroatoms. The monoisotopic (exact) mass is 595 g/mol. The first-order chi connectivity index (χ1) is 19.7. The number of amides is 2. The van der Waals surface area contributed by atoms with Crippen molar-refractivity contribution in [3.8, 4) is 11.5 Å². The lowest BCUT2D eigenvalue weighted by atomic mass is 10.0. The summed E-state index contributed by atoms with van der Waals surface area (Å²) in [6.45, 7) is 3.48. The largest absolute Gasteiger partial charge is 0.490 e. The number of benzene rings is 1. The Morgan fingerprint density at radius 2 is 1.79 bits per heavy atom. The molecule has 3 rings (SSSR count). The van der Waals surface area contributed by atoms with Crippen LogP contribution in [0.5, 0.6) is 0 Å². The summed E-state index contributed by atoms with van der Waals surface area (Å²) in [5.74, 6) is -4.20. The Hall–Kier alpha value is -5.22. The summed E-state index contributed by atoms with van der Waals surface area (Å²) < 4.78 is 33.2. The Balaban J connectivity index is 0.000000782. The third-order valence-electron chi connectivity index (χ3n) is 5.12. The number of hydrogen-bond donors (Lipinski definition) is 5. The molecule has 2 heterocycles. The molecule has 5 N–H and O–H groups in total. The second-order valence-corrected chi connectivity index (χ2v) is 8.88. The van der Waals surface area contributed by atoms with Gasteiger partial charge in [0.15, 0.2) is 5.82 Å². The molecule has 0 radical (unpaired) electrons. The molecule has 3 aromatic rings. The molecule has 1 aromatic carbocycles. The van der Waals surface area contributed by atoms with E-state index in [9.17, 15) is 32.7 Å². The third kappa shape index (κ3) is 10.1. The number of nitrogens with zero attached hydrogens (tertiary/aromatic N) is 4. The number of hydrogen-bond acceptors (Lipinski definition) is 8. The number of aromatic amines is 1. The van der Waals surface area contributed by atoms with Gasteiger partial charge in [-0.05, 0) is 24.5 Å². The zero-order valence-electron chi connectivity index (χ0n) is 22.5. The molecule has 2 amide bonds. The van der Waals surface area contributed by atoms with Crippen molar-refractivity contribution >= 4 is 35.8 Å². The van der Waals surface area contributed by atoms with E-state index in [0.717, 1.165) is 0 Å². The summed E-state index contributed by atoms with van der Waals surface area (Å²) >= 11 is 0. The first kappa shape index (κ1) is 33.0. The van der Waals surface area contributed by atoms with Crippen molar-refractivity contribution in [1.82, 2.24) is 24.8 Å². The molecule has 42 heavy (non-hydrogen) atoms. The summed E-state index contributed by atoms with van der Waals surface area (Å²) in [5, 5.41) is 25.5. The van der Waals surface area contributed by atoms with Crippen molar-refractivity contribution in [2.45, 2.75) is 39.0 Å². The smallest absolute Gasteiger partial charge is 0.480 e. The van der Waals surface area contributed by atoms with E-state index < -0.39 is 36.0 Å². The maximum atomic E-state index is 12.9. The minimum Gasteiger partial charge on any atom is -0.480 e. The average Bonchev–Trinajstić information content (AvgIpc) is 3.54. The van der Waals surface area contributed by atoms with Crippen LogP contribution in [0.3, 0.4) is 0 Å². The van der Waals surface area contributed by atoms with Crippen LogP contribution in [0, 0.1) is 5.92 Å². The Morgan fingerprint density at radius 1 is 1.14 bits per heavy atom. The Bertz CT molecular complexity index is 1400. The number of aromatic nitrogens is 4. The summed E-state index contributed by atoms with van der Waals surface area (Å²) in [6.07, 6.45) is -0.495. The second-order valence-electron chi connectivity index (χ2n) is 8.88. The van der Waals surface area contributed by atoms with Gasteiger partial charge in [-0.15, -0.1) is 0 Å². The molecule has 0 aliphatic carbocycles. The predicted octanol–water partition coefficient (Wildman–Crippen LogP) is 2.75. The van der Waals surface area contributed by atoms with Gasteiger partial charge in [-0.2, -0.15) is 13.2 Å². The zero-order chi connectivity index (χ0) is 31.4. The first-order valence-electron chi connectivity index (χ1n) is 12.1. The van der Waals surface area contributed by atoms with Gasteiger partial charge < -0.3 is 35.2 Å². The van der Waals surface area contributed by atoms with Crippen molar-refractivity contribution < 1.29 is 47.4 Å². The number of carbonyl (C=O) groups excluding carboxylic acids is 2. The molecule has 0 aliphatic heterocycles. The molecule has 2 aromatic heterocycles. The number of carboxylic acid groups (broad SMARTS) is 2. The van der Waals surface area contributed by atoms with Crippen LogP contribution in [0.4, 0.5) is 19.0 Å². The van der Waals surface area contributed by atoms with Gasteiger partial charge in [-0.1, -0.05) is 37.2 Å². The van der Waals surface area contributed by atoms with Crippen LogP contribution in [0.25, 0.3) is 11.5 Å². The van der Waals surface area contributed by atoms with Crippen LogP contribution < -0.4 is 10.6 Å². The molecule has 0 spiro atoms. The fourth-order valence-electron chi connectivity index (χ4n) is 3.29. The first-order valence-corrected chi connectivity index (χ1v) is 12.1. The molecule has 226 valence electrons. The Morgan fingerprint density at radius 3 is 2.33 bits per heavy atom. The number of carbonyl (C=O) groups is 4. The van der Waals surface area contributed by atoms with Crippen molar-refractivity contribution in [1.29, 1.82) is 0 Å². The van der Waals surface area contributed by atoms with E-state index in [1.807, 2.05) is 13.8 Å². The lowest BCUT2D eigenvalue weighted by Gasteiger charge is -2.17. The van der Waals surface area contributed by atoms with E-state index in [1.165, 1.54) is 30.4 Å². The Kier molecular flexibility index (Phi) is 11.8. The highest BCUT2D eigenvalue weighted by molar-refractivity contribution is 6.05. The van der Waals surface area contributed by atoms with Crippen molar-refractivity contribution in [2.75, 3.05) is 12.4 Å². The number of alkyl halides is 3. The summed E-state index contributed by atoms with van der Waals surface area (Å²) in [7, 11) is 1.41. The molecular formula is C25H28F3N7O7. The quantitative estimate of drug-likeness (QED) is 0.163. The number of imidazole rings is 2. The minimum atomic E-state index is -5.08. The van der Waals surface area contributed by atoms with E-state index in [1.54, 1.807) is 30.3 Å². The van der Waals surface area contributed by atoms with Gasteiger partial charge in [-0.25, -0.2) is 19.6 Å². The van der Waals surface area contributed by atoms with Crippen LogP contribution >= 0.6 is 0 Å². The normalized spacial score (nSPS) is 11.9. The third-order valence-corrected chi connectivity index (χ3v) is 5.12. The fourth-order valence-corrected chi connectivity index (χ4v) is 3.29.